The van der Waals surface area contributed by atoms with Gasteiger partial charge in [-0.25, -0.2) is 4.99 Å². The quantitative estimate of drug-likeness (QED) is 0.648. The van der Waals surface area contributed by atoms with E-state index in [1.165, 1.54) is 0 Å². The number of aliphatic imine (C=N–C) groups is 1. The Morgan fingerprint density at radius 1 is 1.38 bits per heavy atom. The van der Waals surface area contributed by atoms with Crippen molar-refractivity contribution >= 4 is 17.6 Å². The summed E-state index contributed by atoms with van der Waals surface area (Å²) in [6.45, 7) is 6.69. The maximum absolute atomic E-state index is 6.18. The summed E-state index contributed by atoms with van der Waals surface area (Å²) in [5.41, 5.74) is 6.78. The molecule has 0 aliphatic carbocycles. The van der Waals surface area contributed by atoms with Gasteiger partial charge in [0.1, 0.15) is 13.2 Å². The molecule has 0 bridgehead atoms. The van der Waals surface area contributed by atoms with Gasteiger partial charge in [-0.2, -0.15) is 0 Å². The van der Waals surface area contributed by atoms with Gasteiger partial charge in [0.25, 0.3) is 0 Å². The molecule has 116 valence electrons. The third kappa shape index (κ3) is 4.70. The smallest absolute Gasteiger partial charge is 0.188 e. The van der Waals surface area contributed by atoms with Gasteiger partial charge in [-0.05, 0) is 30.0 Å². The molecule has 3 N–H and O–H groups in total. The SMILES string of the molecule is CC(C)CCNC(N)=NCc1cc(Cl)c2c(c1)OCCO2. The molecule has 1 aliphatic heterocycles. The van der Waals surface area contributed by atoms with Gasteiger partial charge in [0.05, 0.1) is 11.6 Å². The summed E-state index contributed by atoms with van der Waals surface area (Å²) in [7, 11) is 0. The lowest BCUT2D eigenvalue weighted by Gasteiger charge is -2.20. The van der Waals surface area contributed by atoms with Crippen LogP contribution in [0, 0.1) is 5.92 Å². The molecular formula is C15H22ClN3O2. The minimum atomic E-state index is 0.446. The van der Waals surface area contributed by atoms with Crippen molar-refractivity contribution in [3.05, 3.63) is 22.7 Å². The van der Waals surface area contributed by atoms with Crippen LogP contribution >= 0.6 is 11.6 Å². The zero-order valence-electron chi connectivity index (χ0n) is 12.5. The predicted molar refractivity (Wildman–Crippen MR) is 85.2 cm³/mol. The molecule has 0 saturated carbocycles. The topological polar surface area (TPSA) is 68.9 Å². The van der Waals surface area contributed by atoms with Gasteiger partial charge >= 0.3 is 0 Å². The Kier molecular flexibility index (Phi) is 5.56. The number of ether oxygens (including phenoxy) is 2. The lowest BCUT2D eigenvalue weighted by Crippen LogP contribution is -2.32. The van der Waals surface area contributed by atoms with Crippen LogP contribution < -0.4 is 20.5 Å². The van der Waals surface area contributed by atoms with Crippen LogP contribution in [0.15, 0.2) is 17.1 Å². The molecule has 1 aromatic rings. The van der Waals surface area contributed by atoms with E-state index >= 15 is 0 Å². The highest BCUT2D eigenvalue weighted by atomic mass is 35.5. The second-order valence-electron chi connectivity index (χ2n) is 5.41. The summed E-state index contributed by atoms with van der Waals surface area (Å²) in [4.78, 5) is 4.31. The predicted octanol–water partition coefficient (Wildman–Crippen LogP) is 2.56. The van der Waals surface area contributed by atoms with Gasteiger partial charge in [0.15, 0.2) is 17.5 Å². The minimum absolute atomic E-state index is 0.446. The molecule has 1 aliphatic rings. The Morgan fingerprint density at radius 3 is 2.90 bits per heavy atom. The van der Waals surface area contributed by atoms with Crippen LogP contribution in [0.25, 0.3) is 0 Å². The molecule has 0 saturated heterocycles. The average molecular weight is 312 g/mol. The molecule has 0 radical (unpaired) electrons. The van der Waals surface area contributed by atoms with E-state index in [2.05, 4.69) is 24.2 Å². The van der Waals surface area contributed by atoms with Crippen molar-refractivity contribution in [3.63, 3.8) is 0 Å². The molecule has 2 rings (SSSR count). The maximum atomic E-state index is 6.18. The summed E-state index contributed by atoms with van der Waals surface area (Å²) in [6, 6.07) is 3.73. The summed E-state index contributed by atoms with van der Waals surface area (Å²) in [6.07, 6.45) is 1.06. The molecular weight excluding hydrogens is 290 g/mol. The highest BCUT2D eigenvalue weighted by molar-refractivity contribution is 6.32. The van der Waals surface area contributed by atoms with Crippen LogP contribution in [0.2, 0.25) is 5.02 Å². The average Bonchev–Trinajstić information content (AvgIpc) is 2.45. The van der Waals surface area contributed by atoms with Crippen molar-refractivity contribution in [3.8, 4) is 11.5 Å². The number of nitrogens with zero attached hydrogens (tertiary/aromatic N) is 1. The molecule has 21 heavy (non-hydrogen) atoms. The van der Waals surface area contributed by atoms with Gasteiger partial charge in [0, 0.05) is 6.54 Å². The van der Waals surface area contributed by atoms with E-state index < -0.39 is 0 Å². The number of rotatable bonds is 5. The number of fused-ring (bicyclic) bond motifs is 1. The second-order valence-corrected chi connectivity index (χ2v) is 5.82. The first-order chi connectivity index (χ1) is 10.1. The monoisotopic (exact) mass is 311 g/mol. The minimum Gasteiger partial charge on any atom is -0.486 e. The Balaban J connectivity index is 1.95. The zero-order chi connectivity index (χ0) is 15.2. The van der Waals surface area contributed by atoms with Gasteiger partial charge in [-0.15, -0.1) is 0 Å². The molecule has 5 nitrogen and oxygen atoms in total. The summed E-state index contributed by atoms with van der Waals surface area (Å²) in [5.74, 6) is 2.37. The summed E-state index contributed by atoms with van der Waals surface area (Å²) < 4.78 is 11.0. The number of hydrogen-bond donors (Lipinski definition) is 2. The lowest BCUT2D eigenvalue weighted by molar-refractivity contribution is 0.171. The van der Waals surface area contributed by atoms with Crippen LogP contribution in [0.3, 0.4) is 0 Å². The first-order valence-electron chi connectivity index (χ1n) is 7.18. The first-order valence-corrected chi connectivity index (χ1v) is 7.56. The fourth-order valence-corrected chi connectivity index (χ4v) is 2.26. The van der Waals surface area contributed by atoms with E-state index in [1.54, 1.807) is 0 Å². The summed E-state index contributed by atoms with van der Waals surface area (Å²) >= 11 is 6.18. The van der Waals surface area contributed by atoms with Crippen molar-refractivity contribution in [1.82, 2.24) is 5.32 Å². The molecule has 0 atom stereocenters. The van der Waals surface area contributed by atoms with Gasteiger partial charge < -0.3 is 20.5 Å². The van der Waals surface area contributed by atoms with Gasteiger partial charge in [-0.3, -0.25) is 0 Å². The molecule has 0 fully saturated rings. The van der Waals surface area contributed by atoms with Crippen LogP contribution in [0.4, 0.5) is 0 Å². The number of nitrogens with two attached hydrogens (primary N) is 1. The molecule has 6 heteroatoms. The number of benzene rings is 1. The highest BCUT2D eigenvalue weighted by Gasteiger charge is 2.16. The van der Waals surface area contributed by atoms with Crippen LogP contribution in [-0.2, 0) is 6.54 Å². The largest absolute Gasteiger partial charge is 0.486 e. The Labute approximate surface area is 130 Å². The third-order valence-electron chi connectivity index (χ3n) is 3.12. The van der Waals surface area contributed by atoms with Gasteiger partial charge in [0.2, 0.25) is 0 Å². The maximum Gasteiger partial charge on any atom is 0.188 e. The van der Waals surface area contributed by atoms with Crippen molar-refractivity contribution in [2.24, 2.45) is 16.6 Å². The molecule has 0 aromatic heterocycles. The van der Waals surface area contributed by atoms with Crippen molar-refractivity contribution in [2.45, 2.75) is 26.8 Å². The summed E-state index contributed by atoms with van der Waals surface area (Å²) in [5, 5.41) is 3.65. The number of hydrogen-bond acceptors (Lipinski definition) is 3. The van der Waals surface area contributed by atoms with E-state index in [0.717, 1.165) is 18.5 Å². The van der Waals surface area contributed by atoms with Gasteiger partial charge in [-0.1, -0.05) is 25.4 Å². The highest BCUT2D eigenvalue weighted by Crippen LogP contribution is 2.38. The van der Waals surface area contributed by atoms with E-state index in [0.29, 0.717) is 48.2 Å². The first kappa shape index (κ1) is 15.8. The van der Waals surface area contributed by atoms with Crippen molar-refractivity contribution in [2.75, 3.05) is 19.8 Å². The third-order valence-corrected chi connectivity index (χ3v) is 3.40. The normalized spacial score (nSPS) is 14.4. The second kappa shape index (κ2) is 7.41. The van der Waals surface area contributed by atoms with E-state index in [4.69, 9.17) is 26.8 Å². The zero-order valence-corrected chi connectivity index (χ0v) is 13.2. The molecule has 1 aromatic carbocycles. The van der Waals surface area contributed by atoms with Crippen LogP contribution in [-0.4, -0.2) is 25.7 Å². The Bertz CT molecular complexity index is 518. The van der Waals surface area contributed by atoms with E-state index in [1.807, 2.05) is 12.1 Å². The van der Waals surface area contributed by atoms with Crippen molar-refractivity contribution in [1.29, 1.82) is 0 Å². The van der Waals surface area contributed by atoms with Crippen LogP contribution in [0.1, 0.15) is 25.8 Å². The lowest BCUT2D eigenvalue weighted by atomic mass is 10.1. The molecule has 0 amide bonds. The number of halogens is 1. The van der Waals surface area contributed by atoms with E-state index in [-0.39, 0.29) is 0 Å². The number of guanidine groups is 1. The fourth-order valence-electron chi connectivity index (χ4n) is 1.98. The molecule has 0 spiro atoms. The number of nitrogens with one attached hydrogen (secondary N) is 1. The Hall–Kier alpha value is -1.62. The Morgan fingerprint density at radius 2 is 2.14 bits per heavy atom. The van der Waals surface area contributed by atoms with E-state index in [9.17, 15) is 0 Å². The molecule has 1 heterocycles. The van der Waals surface area contributed by atoms with Crippen LogP contribution in [0.5, 0.6) is 11.5 Å². The standard InChI is InChI=1S/C15H22ClN3O2/c1-10(2)3-4-18-15(17)19-9-11-7-12(16)14-13(8-11)20-5-6-21-14/h7-8,10H,3-6,9H2,1-2H3,(H3,17,18,19). The fraction of sp³-hybridized carbons (Fsp3) is 0.533. The van der Waals surface area contributed by atoms with Crippen molar-refractivity contribution < 1.29 is 9.47 Å². The molecule has 0 unspecified atom stereocenters.